The summed E-state index contributed by atoms with van der Waals surface area (Å²) >= 11 is 5.03. The second kappa shape index (κ2) is 10.8. The van der Waals surface area contributed by atoms with Gasteiger partial charge in [-0.3, -0.25) is 0 Å². The van der Waals surface area contributed by atoms with E-state index in [2.05, 4.69) is 20.5 Å². The minimum absolute atomic E-state index is 0.239. The number of hydrogen-bond acceptors (Lipinski definition) is 5. The quantitative estimate of drug-likeness (QED) is 0.302. The van der Waals surface area contributed by atoms with Crippen molar-refractivity contribution >= 4 is 43.0 Å². The Morgan fingerprint density at radius 1 is 1.00 bits per heavy atom. The first-order valence-corrected chi connectivity index (χ1v) is 14.4. The normalized spacial score (nSPS) is 15.3. The molecule has 0 aliphatic carbocycles. The summed E-state index contributed by atoms with van der Waals surface area (Å²) in [7, 11) is -3.57. The molecule has 186 valence electrons. The van der Waals surface area contributed by atoms with Crippen molar-refractivity contribution in [3.8, 4) is 11.3 Å². The SMILES string of the molecule is O=S(=O)(c1ccc(N=c2scc(-c3cccc(Br)c3)n2Cc2ccc(F)cc2)cc1)N1CCOCC1. The molecule has 1 saturated heterocycles. The molecule has 1 aromatic heterocycles. The molecule has 36 heavy (non-hydrogen) atoms. The Hall–Kier alpha value is -2.63. The van der Waals surface area contributed by atoms with Crippen LogP contribution in [0.2, 0.25) is 0 Å². The highest BCUT2D eigenvalue weighted by Gasteiger charge is 2.26. The Morgan fingerprint density at radius 3 is 2.42 bits per heavy atom. The van der Waals surface area contributed by atoms with Crippen LogP contribution in [0.25, 0.3) is 11.3 Å². The highest BCUT2D eigenvalue weighted by molar-refractivity contribution is 9.10. The third-order valence-electron chi connectivity index (χ3n) is 5.84. The van der Waals surface area contributed by atoms with Gasteiger partial charge in [-0.15, -0.1) is 11.3 Å². The summed E-state index contributed by atoms with van der Waals surface area (Å²) in [5.74, 6) is -0.279. The molecule has 5 rings (SSSR count). The van der Waals surface area contributed by atoms with Gasteiger partial charge in [0.15, 0.2) is 4.80 Å². The van der Waals surface area contributed by atoms with E-state index in [9.17, 15) is 12.8 Å². The van der Waals surface area contributed by atoms with Crippen LogP contribution in [0.4, 0.5) is 10.1 Å². The van der Waals surface area contributed by atoms with E-state index in [4.69, 9.17) is 9.73 Å². The second-order valence-corrected chi connectivity index (χ2v) is 11.9. The van der Waals surface area contributed by atoms with Gasteiger partial charge in [0.1, 0.15) is 5.82 Å². The predicted octanol–water partition coefficient (Wildman–Crippen LogP) is 5.42. The zero-order valence-electron chi connectivity index (χ0n) is 19.2. The van der Waals surface area contributed by atoms with Crippen molar-refractivity contribution in [2.45, 2.75) is 11.4 Å². The molecular weight excluding hydrogens is 565 g/mol. The molecule has 0 spiro atoms. The molecule has 0 radical (unpaired) electrons. The molecule has 0 atom stereocenters. The van der Waals surface area contributed by atoms with Gasteiger partial charge in [-0.25, -0.2) is 17.8 Å². The molecule has 4 aromatic rings. The van der Waals surface area contributed by atoms with Crippen molar-refractivity contribution in [1.29, 1.82) is 0 Å². The molecule has 6 nitrogen and oxygen atoms in total. The lowest BCUT2D eigenvalue weighted by molar-refractivity contribution is 0.0730. The van der Waals surface area contributed by atoms with E-state index in [1.807, 2.05) is 29.6 Å². The maximum atomic E-state index is 13.5. The number of morpholine rings is 1. The minimum Gasteiger partial charge on any atom is -0.379 e. The lowest BCUT2D eigenvalue weighted by Crippen LogP contribution is -2.40. The smallest absolute Gasteiger partial charge is 0.243 e. The van der Waals surface area contributed by atoms with E-state index in [0.717, 1.165) is 26.1 Å². The van der Waals surface area contributed by atoms with E-state index >= 15 is 0 Å². The molecule has 1 aliphatic rings. The number of ether oxygens (including phenoxy) is 1. The van der Waals surface area contributed by atoms with Crippen LogP contribution in [-0.4, -0.2) is 43.6 Å². The van der Waals surface area contributed by atoms with Crippen molar-refractivity contribution in [3.05, 3.63) is 98.8 Å². The van der Waals surface area contributed by atoms with Crippen LogP contribution in [0, 0.1) is 5.82 Å². The van der Waals surface area contributed by atoms with Gasteiger partial charge in [-0.1, -0.05) is 40.2 Å². The molecule has 2 heterocycles. The van der Waals surface area contributed by atoms with Crippen LogP contribution in [0.15, 0.2) is 92.5 Å². The standard InChI is InChI=1S/C26H23BrFN3O3S2/c27-21-3-1-2-20(16-21)25-18-35-26(31(25)17-19-4-6-22(28)7-5-19)29-23-8-10-24(11-9-23)36(32,33)30-12-14-34-15-13-30/h1-11,16,18H,12-15,17H2. The molecule has 0 amide bonds. The van der Waals surface area contributed by atoms with Gasteiger partial charge in [-0.2, -0.15) is 4.31 Å². The van der Waals surface area contributed by atoms with Gasteiger partial charge in [-0.05, 0) is 54.1 Å². The zero-order chi connectivity index (χ0) is 25.1. The molecule has 0 bridgehead atoms. The Morgan fingerprint density at radius 2 is 1.72 bits per heavy atom. The third kappa shape index (κ3) is 5.52. The number of thiazole rings is 1. The number of benzene rings is 3. The molecule has 0 N–H and O–H groups in total. The third-order valence-corrected chi connectivity index (χ3v) is 9.11. The topological polar surface area (TPSA) is 63.9 Å². The Balaban J connectivity index is 1.51. The summed E-state index contributed by atoms with van der Waals surface area (Å²) in [6, 6.07) is 21.1. The lowest BCUT2D eigenvalue weighted by atomic mass is 10.1. The van der Waals surface area contributed by atoms with Crippen LogP contribution in [0.3, 0.4) is 0 Å². The lowest BCUT2D eigenvalue weighted by Gasteiger charge is -2.26. The summed E-state index contributed by atoms with van der Waals surface area (Å²) < 4.78 is 49.1. The van der Waals surface area contributed by atoms with Crippen molar-refractivity contribution in [2.24, 2.45) is 4.99 Å². The highest BCUT2D eigenvalue weighted by atomic mass is 79.9. The van der Waals surface area contributed by atoms with Gasteiger partial charge < -0.3 is 9.30 Å². The van der Waals surface area contributed by atoms with Crippen molar-refractivity contribution in [1.82, 2.24) is 8.87 Å². The van der Waals surface area contributed by atoms with Gasteiger partial charge >= 0.3 is 0 Å². The van der Waals surface area contributed by atoms with Crippen molar-refractivity contribution < 1.29 is 17.5 Å². The van der Waals surface area contributed by atoms with Gasteiger partial charge in [0.2, 0.25) is 10.0 Å². The number of rotatable bonds is 6. The van der Waals surface area contributed by atoms with Crippen LogP contribution in [-0.2, 0) is 21.3 Å². The van der Waals surface area contributed by atoms with Gasteiger partial charge in [0.25, 0.3) is 0 Å². The van der Waals surface area contributed by atoms with Crippen molar-refractivity contribution in [2.75, 3.05) is 26.3 Å². The summed E-state index contributed by atoms with van der Waals surface area (Å²) in [6.07, 6.45) is 0. The zero-order valence-corrected chi connectivity index (χ0v) is 22.4. The maximum absolute atomic E-state index is 13.5. The van der Waals surface area contributed by atoms with Crippen LogP contribution >= 0.6 is 27.3 Å². The maximum Gasteiger partial charge on any atom is 0.243 e. The van der Waals surface area contributed by atoms with E-state index in [1.54, 1.807) is 36.4 Å². The Labute approximate surface area is 221 Å². The van der Waals surface area contributed by atoms with E-state index < -0.39 is 10.0 Å². The largest absolute Gasteiger partial charge is 0.379 e. The summed E-state index contributed by atoms with van der Waals surface area (Å²) in [5, 5.41) is 2.04. The summed E-state index contributed by atoms with van der Waals surface area (Å²) in [5.41, 5.74) is 3.60. The summed E-state index contributed by atoms with van der Waals surface area (Å²) in [4.78, 5) is 5.81. The molecular formula is C26H23BrFN3O3S2. The average Bonchev–Trinajstić information content (AvgIpc) is 3.28. The second-order valence-electron chi connectivity index (χ2n) is 8.25. The molecule has 3 aromatic carbocycles. The molecule has 0 saturated carbocycles. The summed E-state index contributed by atoms with van der Waals surface area (Å²) in [6.45, 7) is 2.02. The fourth-order valence-corrected chi connectivity index (χ4v) is 6.70. The predicted molar refractivity (Wildman–Crippen MR) is 142 cm³/mol. The fourth-order valence-electron chi connectivity index (χ4n) is 3.96. The Kier molecular flexibility index (Phi) is 7.49. The number of sulfonamides is 1. The fraction of sp³-hybridized carbons (Fsp3) is 0.192. The van der Waals surface area contributed by atoms with Gasteiger partial charge in [0, 0.05) is 28.5 Å². The van der Waals surface area contributed by atoms with E-state index in [-0.39, 0.29) is 10.7 Å². The molecule has 1 aliphatic heterocycles. The Bertz CT molecular complexity index is 1530. The van der Waals surface area contributed by atoms with Crippen LogP contribution in [0.5, 0.6) is 0 Å². The minimum atomic E-state index is -3.57. The van der Waals surface area contributed by atoms with E-state index in [0.29, 0.717) is 38.5 Å². The van der Waals surface area contributed by atoms with Gasteiger partial charge in [0.05, 0.1) is 36.0 Å². The first-order chi connectivity index (χ1) is 17.4. The number of nitrogens with zero attached hydrogens (tertiary/aromatic N) is 3. The molecule has 0 unspecified atom stereocenters. The number of aromatic nitrogens is 1. The average molecular weight is 589 g/mol. The first kappa shape index (κ1) is 25.0. The molecule has 1 fully saturated rings. The molecule has 10 heteroatoms. The van der Waals surface area contributed by atoms with Crippen LogP contribution < -0.4 is 4.80 Å². The number of halogens is 2. The monoisotopic (exact) mass is 587 g/mol. The van der Waals surface area contributed by atoms with E-state index in [1.165, 1.54) is 27.8 Å². The first-order valence-electron chi connectivity index (χ1n) is 11.3. The highest BCUT2D eigenvalue weighted by Crippen LogP contribution is 2.26. The van der Waals surface area contributed by atoms with Crippen molar-refractivity contribution in [3.63, 3.8) is 0 Å². The van der Waals surface area contributed by atoms with Crippen LogP contribution in [0.1, 0.15) is 5.56 Å². The number of hydrogen-bond donors (Lipinski definition) is 0.